The normalized spacial score (nSPS) is 20.6. The van der Waals surface area contributed by atoms with Crippen molar-refractivity contribution in [2.75, 3.05) is 0 Å². The number of nitrogens with two attached hydrogens (primary N) is 1. The van der Waals surface area contributed by atoms with Crippen LogP contribution in [0.3, 0.4) is 0 Å². The molecule has 0 amide bonds. The summed E-state index contributed by atoms with van der Waals surface area (Å²) in [5.41, 5.74) is 11.9. The van der Waals surface area contributed by atoms with Crippen LogP contribution in [0.5, 0.6) is 0 Å². The van der Waals surface area contributed by atoms with E-state index in [-0.39, 0.29) is 5.54 Å². The topological polar surface area (TPSA) is 41.8 Å². The van der Waals surface area contributed by atoms with Gasteiger partial charge in [-0.3, -0.25) is 0 Å². The predicted molar refractivity (Wildman–Crippen MR) is 99.6 cm³/mol. The van der Waals surface area contributed by atoms with Gasteiger partial charge in [0.05, 0.1) is 5.54 Å². The number of fused-ring (bicyclic) bond motifs is 3. The lowest BCUT2D eigenvalue weighted by atomic mass is 9.77. The lowest BCUT2D eigenvalue weighted by Gasteiger charge is -2.34. The van der Waals surface area contributed by atoms with Gasteiger partial charge in [0.1, 0.15) is 0 Å². The average molecular weight is 369 g/mol. The average Bonchev–Trinajstić information content (AvgIpc) is 2.95. The van der Waals surface area contributed by atoms with Crippen molar-refractivity contribution in [1.82, 2.24) is 4.98 Å². The Morgan fingerprint density at radius 2 is 1.87 bits per heavy atom. The summed E-state index contributed by atoms with van der Waals surface area (Å²) in [6.07, 6.45) is 5.36. The zero-order valence-electron chi connectivity index (χ0n) is 13.1. The Hall–Kier alpha value is -1.58. The second-order valence-electron chi connectivity index (χ2n) is 6.66. The van der Waals surface area contributed by atoms with E-state index in [2.05, 4.69) is 69.4 Å². The zero-order chi connectivity index (χ0) is 15.9. The van der Waals surface area contributed by atoms with Crippen LogP contribution in [0.4, 0.5) is 0 Å². The number of nitrogens with one attached hydrogen (secondary N) is 1. The summed E-state index contributed by atoms with van der Waals surface area (Å²) >= 11 is 3.49. The number of halogens is 1. The molecule has 1 atom stereocenters. The summed E-state index contributed by atoms with van der Waals surface area (Å²) in [7, 11) is 0. The van der Waals surface area contributed by atoms with Gasteiger partial charge in [-0.05, 0) is 61.4 Å². The minimum absolute atomic E-state index is 0.236. The van der Waals surface area contributed by atoms with Crippen LogP contribution in [0, 0.1) is 0 Å². The number of aromatic nitrogens is 1. The van der Waals surface area contributed by atoms with Crippen molar-refractivity contribution < 1.29 is 0 Å². The van der Waals surface area contributed by atoms with E-state index < -0.39 is 0 Å². The fourth-order valence-electron chi connectivity index (χ4n) is 3.86. The van der Waals surface area contributed by atoms with Gasteiger partial charge in [-0.15, -0.1) is 0 Å². The summed E-state index contributed by atoms with van der Waals surface area (Å²) in [6.45, 7) is 0. The molecule has 1 heterocycles. The molecule has 118 valence electrons. The number of rotatable bonds is 3. The maximum absolute atomic E-state index is 6.87. The van der Waals surface area contributed by atoms with Gasteiger partial charge in [-0.2, -0.15) is 0 Å². The molecule has 0 fully saturated rings. The number of aromatic amines is 1. The monoisotopic (exact) mass is 368 g/mol. The highest BCUT2D eigenvalue weighted by atomic mass is 79.9. The maximum atomic E-state index is 6.87. The molecule has 0 radical (unpaired) electrons. The minimum Gasteiger partial charge on any atom is -0.357 e. The van der Waals surface area contributed by atoms with Crippen molar-refractivity contribution in [3.05, 3.63) is 69.8 Å². The Morgan fingerprint density at radius 1 is 1.09 bits per heavy atom. The summed E-state index contributed by atoms with van der Waals surface area (Å²) in [5.74, 6) is 0. The van der Waals surface area contributed by atoms with Gasteiger partial charge in [-0.1, -0.05) is 46.3 Å². The van der Waals surface area contributed by atoms with E-state index in [1.807, 2.05) is 0 Å². The lowest BCUT2D eigenvalue weighted by Crippen LogP contribution is -2.40. The molecule has 1 aliphatic rings. The third-order valence-electron chi connectivity index (χ3n) is 5.13. The molecular weight excluding hydrogens is 348 g/mol. The van der Waals surface area contributed by atoms with Crippen molar-refractivity contribution in [3.8, 4) is 0 Å². The van der Waals surface area contributed by atoms with E-state index in [4.69, 9.17) is 5.73 Å². The Labute approximate surface area is 145 Å². The first-order valence-electron chi connectivity index (χ1n) is 8.29. The molecular formula is C20H21BrN2. The largest absolute Gasteiger partial charge is 0.357 e. The van der Waals surface area contributed by atoms with E-state index in [9.17, 15) is 0 Å². The second-order valence-corrected chi connectivity index (χ2v) is 7.58. The standard InChI is InChI=1S/C20H21BrN2/c21-15-9-7-14(8-10-15)11-13-20(22)12-3-5-17-16-4-1-2-6-18(16)23-19(17)20/h1-2,4,6-10,23H,3,5,11-13,22H2. The van der Waals surface area contributed by atoms with Gasteiger partial charge in [0.2, 0.25) is 0 Å². The summed E-state index contributed by atoms with van der Waals surface area (Å²) in [6, 6.07) is 17.1. The SMILES string of the molecule is NC1(CCc2ccc(Br)cc2)CCCc2c1[nH]c1ccccc21. The van der Waals surface area contributed by atoms with Crippen molar-refractivity contribution in [2.24, 2.45) is 5.73 Å². The molecule has 0 bridgehead atoms. The van der Waals surface area contributed by atoms with E-state index >= 15 is 0 Å². The van der Waals surface area contributed by atoms with Crippen molar-refractivity contribution >= 4 is 26.8 Å². The Bertz CT molecular complexity index is 834. The molecule has 0 saturated heterocycles. The highest BCUT2D eigenvalue weighted by molar-refractivity contribution is 9.10. The Balaban J connectivity index is 1.65. The predicted octanol–water partition coefficient (Wildman–Crippen LogP) is 5.05. The van der Waals surface area contributed by atoms with Crippen molar-refractivity contribution in [2.45, 2.75) is 37.6 Å². The molecule has 0 saturated carbocycles. The van der Waals surface area contributed by atoms with Crippen LogP contribution in [-0.2, 0) is 18.4 Å². The Kier molecular flexibility index (Phi) is 3.78. The molecule has 23 heavy (non-hydrogen) atoms. The lowest BCUT2D eigenvalue weighted by molar-refractivity contribution is 0.339. The number of benzene rings is 2. The number of para-hydroxylation sites is 1. The summed E-state index contributed by atoms with van der Waals surface area (Å²) < 4.78 is 1.12. The molecule has 0 spiro atoms. The van der Waals surface area contributed by atoms with Crippen LogP contribution in [-0.4, -0.2) is 4.98 Å². The molecule has 1 aliphatic carbocycles. The van der Waals surface area contributed by atoms with Gasteiger partial charge in [-0.25, -0.2) is 0 Å². The fourth-order valence-corrected chi connectivity index (χ4v) is 4.12. The summed E-state index contributed by atoms with van der Waals surface area (Å²) in [4.78, 5) is 3.62. The number of aryl methyl sites for hydroxylation is 2. The van der Waals surface area contributed by atoms with Gasteiger partial charge in [0.15, 0.2) is 0 Å². The van der Waals surface area contributed by atoms with Crippen LogP contribution in [0.25, 0.3) is 10.9 Å². The first-order chi connectivity index (χ1) is 11.2. The van der Waals surface area contributed by atoms with Gasteiger partial charge < -0.3 is 10.7 Å². The molecule has 1 unspecified atom stereocenters. The van der Waals surface area contributed by atoms with Crippen LogP contribution < -0.4 is 5.73 Å². The molecule has 3 heteroatoms. The fraction of sp³-hybridized carbons (Fsp3) is 0.300. The van der Waals surface area contributed by atoms with Crippen LogP contribution in [0.15, 0.2) is 53.0 Å². The van der Waals surface area contributed by atoms with Crippen molar-refractivity contribution in [1.29, 1.82) is 0 Å². The van der Waals surface area contributed by atoms with Crippen molar-refractivity contribution in [3.63, 3.8) is 0 Å². The first-order valence-corrected chi connectivity index (χ1v) is 9.08. The van der Waals surface area contributed by atoms with Gasteiger partial charge >= 0.3 is 0 Å². The first kappa shape index (κ1) is 15.0. The zero-order valence-corrected chi connectivity index (χ0v) is 14.7. The summed E-state index contributed by atoms with van der Waals surface area (Å²) in [5, 5.41) is 1.35. The molecule has 1 aromatic heterocycles. The highest BCUT2D eigenvalue weighted by Gasteiger charge is 2.34. The molecule has 3 N–H and O–H groups in total. The smallest absolute Gasteiger partial charge is 0.0568 e. The number of hydrogen-bond acceptors (Lipinski definition) is 1. The van der Waals surface area contributed by atoms with Crippen LogP contribution in [0.2, 0.25) is 0 Å². The van der Waals surface area contributed by atoms with Gasteiger partial charge in [0, 0.05) is 21.1 Å². The van der Waals surface area contributed by atoms with E-state index in [0.29, 0.717) is 0 Å². The van der Waals surface area contributed by atoms with E-state index in [0.717, 1.165) is 30.2 Å². The Morgan fingerprint density at radius 3 is 2.70 bits per heavy atom. The van der Waals surface area contributed by atoms with E-state index in [1.165, 1.54) is 34.1 Å². The van der Waals surface area contributed by atoms with Crippen LogP contribution >= 0.6 is 15.9 Å². The van der Waals surface area contributed by atoms with E-state index in [1.54, 1.807) is 0 Å². The highest BCUT2D eigenvalue weighted by Crippen LogP contribution is 2.39. The molecule has 0 aliphatic heterocycles. The van der Waals surface area contributed by atoms with Gasteiger partial charge in [0.25, 0.3) is 0 Å². The number of H-pyrrole nitrogens is 1. The molecule has 3 aromatic rings. The maximum Gasteiger partial charge on any atom is 0.0568 e. The third-order valence-corrected chi connectivity index (χ3v) is 5.66. The second kappa shape index (κ2) is 5.81. The van der Waals surface area contributed by atoms with Crippen LogP contribution in [0.1, 0.15) is 36.1 Å². The molecule has 2 aromatic carbocycles. The quantitative estimate of drug-likeness (QED) is 0.666. The third kappa shape index (κ3) is 2.73. The minimum atomic E-state index is -0.236. The molecule has 2 nitrogen and oxygen atoms in total. The molecule has 4 rings (SSSR count). The number of hydrogen-bond donors (Lipinski definition) is 2.